The molecule has 0 spiro atoms. The smallest absolute Gasteiger partial charge is 0.256 e. The number of anilines is 1. The van der Waals surface area contributed by atoms with Gasteiger partial charge >= 0.3 is 0 Å². The molecule has 0 aliphatic heterocycles. The van der Waals surface area contributed by atoms with Crippen LogP contribution in [0, 0.1) is 6.92 Å². The summed E-state index contributed by atoms with van der Waals surface area (Å²) < 4.78 is 2.49. The molecule has 25 heavy (non-hydrogen) atoms. The Balaban J connectivity index is 1.55. The van der Waals surface area contributed by atoms with Gasteiger partial charge in [0.2, 0.25) is 4.96 Å². The summed E-state index contributed by atoms with van der Waals surface area (Å²) in [5.74, 6) is 0.601. The van der Waals surface area contributed by atoms with E-state index in [1.54, 1.807) is 10.6 Å². The summed E-state index contributed by atoms with van der Waals surface area (Å²) in [5, 5.41) is 16.3. The Labute approximate surface area is 155 Å². The Kier molecular flexibility index (Phi) is 4.06. The molecule has 0 aliphatic carbocycles. The summed E-state index contributed by atoms with van der Waals surface area (Å²) in [4.78, 5) is 13.1. The number of rotatable bonds is 3. The summed E-state index contributed by atoms with van der Waals surface area (Å²) >= 11 is 4.86. The molecule has 1 N–H and O–H groups in total. The van der Waals surface area contributed by atoms with Gasteiger partial charge in [0.25, 0.3) is 5.91 Å². The molecule has 0 saturated heterocycles. The van der Waals surface area contributed by atoms with Gasteiger partial charge in [0.15, 0.2) is 5.82 Å². The second-order valence-electron chi connectivity index (χ2n) is 5.36. The standard InChI is InChI=1S/C17H12BrN5OS/c1-10-20-21-17-23(10)22-16(25-17)11-6-8-12(9-7-11)19-15(24)13-4-2-3-5-14(13)18/h2-9H,1H3,(H,19,24). The number of fused-ring (bicyclic) bond motifs is 1. The minimum atomic E-state index is -0.158. The van der Waals surface area contributed by atoms with Crippen molar-refractivity contribution in [1.29, 1.82) is 0 Å². The Hall–Kier alpha value is -2.58. The lowest BCUT2D eigenvalue weighted by atomic mass is 10.2. The highest BCUT2D eigenvalue weighted by Gasteiger charge is 2.12. The zero-order chi connectivity index (χ0) is 17.4. The number of nitrogens with one attached hydrogen (secondary N) is 1. The van der Waals surface area contributed by atoms with Crippen molar-refractivity contribution in [2.45, 2.75) is 6.92 Å². The lowest BCUT2D eigenvalue weighted by Crippen LogP contribution is -2.12. The Morgan fingerprint density at radius 1 is 1.12 bits per heavy atom. The third kappa shape index (κ3) is 3.06. The second-order valence-corrected chi connectivity index (χ2v) is 7.17. The van der Waals surface area contributed by atoms with E-state index in [9.17, 15) is 4.79 Å². The van der Waals surface area contributed by atoms with Gasteiger partial charge in [0.05, 0.1) is 5.56 Å². The van der Waals surface area contributed by atoms with Gasteiger partial charge < -0.3 is 5.32 Å². The molecular weight excluding hydrogens is 402 g/mol. The number of aromatic nitrogens is 4. The average Bonchev–Trinajstić information content (AvgIpc) is 3.18. The molecule has 4 aromatic rings. The second kappa shape index (κ2) is 6.38. The molecule has 2 heterocycles. The van der Waals surface area contributed by atoms with E-state index < -0.39 is 0 Å². The first-order valence-corrected chi connectivity index (χ1v) is 9.08. The third-order valence-corrected chi connectivity index (χ3v) is 5.29. The van der Waals surface area contributed by atoms with Crippen molar-refractivity contribution >= 4 is 43.8 Å². The molecule has 6 nitrogen and oxygen atoms in total. The van der Waals surface area contributed by atoms with Gasteiger partial charge in [-0.15, -0.1) is 10.2 Å². The lowest BCUT2D eigenvalue weighted by Gasteiger charge is -2.07. The van der Waals surface area contributed by atoms with E-state index >= 15 is 0 Å². The molecule has 1 amide bonds. The first-order chi connectivity index (χ1) is 12.1. The van der Waals surface area contributed by atoms with E-state index in [4.69, 9.17) is 0 Å². The van der Waals surface area contributed by atoms with Crippen LogP contribution in [0.25, 0.3) is 15.5 Å². The maximum absolute atomic E-state index is 12.3. The molecule has 0 fully saturated rings. The monoisotopic (exact) mass is 413 g/mol. The number of halogens is 1. The number of nitrogens with zero attached hydrogens (tertiary/aromatic N) is 4. The van der Waals surface area contributed by atoms with Gasteiger partial charge in [-0.25, -0.2) is 0 Å². The molecule has 124 valence electrons. The first kappa shape index (κ1) is 15.9. The minimum Gasteiger partial charge on any atom is -0.322 e. The zero-order valence-corrected chi connectivity index (χ0v) is 15.5. The lowest BCUT2D eigenvalue weighted by molar-refractivity contribution is 0.102. The van der Waals surface area contributed by atoms with Gasteiger partial charge in [-0.05, 0) is 59.3 Å². The molecular formula is C17H12BrN5OS. The van der Waals surface area contributed by atoms with Crippen LogP contribution in [0.3, 0.4) is 0 Å². The number of aryl methyl sites for hydroxylation is 1. The fourth-order valence-corrected chi connectivity index (χ4v) is 3.73. The number of carbonyl (C=O) groups excluding carboxylic acids is 1. The van der Waals surface area contributed by atoms with Crippen molar-refractivity contribution in [2.75, 3.05) is 5.32 Å². The summed E-state index contributed by atoms with van der Waals surface area (Å²) in [6, 6.07) is 14.9. The van der Waals surface area contributed by atoms with Crippen molar-refractivity contribution in [1.82, 2.24) is 19.8 Å². The predicted molar refractivity (Wildman–Crippen MR) is 101 cm³/mol. The van der Waals surface area contributed by atoms with E-state index in [0.29, 0.717) is 5.56 Å². The summed E-state index contributed by atoms with van der Waals surface area (Å²) in [5.41, 5.74) is 2.29. The van der Waals surface area contributed by atoms with Gasteiger partial charge in [-0.1, -0.05) is 23.5 Å². The van der Waals surface area contributed by atoms with Crippen LogP contribution < -0.4 is 5.32 Å². The zero-order valence-electron chi connectivity index (χ0n) is 13.1. The summed E-state index contributed by atoms with van der Waals surface area (Å²) in [6.45, 7) is 1.86. The van der Waals surface area contributed by atoms with Crippen molar-refractivity contribution in [3.05, 3.63) is 64.4 Å². The van der Waals surface area contributed by atoms with Gasteiger partial charge in [-0.3, -0.25) is 4.79 Å². The predicted octanol–water partition coefficient (Wildman–Crippen LogP) is 4.18. The quantitative estimate of drug-likeness (QED) is 0.546. The van der Waals surface area contributed by atoms with Crippen LogP contribution in [0.4, 0.5) is 5.69 Å². The minimum absolute atomic E-state index is 0.158. The molecule has 8 heteroatoms. The molecule has 0 aliphatic rings. The van der Waals surface area contributed by atoms with Gasteiger partial charge in [0, 0.05) is 15.7 Å². The van der Waals surface area contributed by atoms with Crippen molar-refractivity contribution in [2.24, 2.45) is 0 Å². The fourth-order valence-electron chi connectivity index (χ4n) is 2.37. The molecule has 0 atom stereocenters. The van der Waals surface area contributed by atoms with Crippen molar-refractivity contribution in [3.8, 4) is 10.6 Å². The number of carbonyl (C=O) groups is 1. The highest BCUT2D eigenvalue weighted by atomic mass is 79.9. The molecule has 2 aromatic heterocycles. The SMILES string of the molecule is Cc1nnc2sc(-c3ccc(NC(=O)c4ccccc4Br)cc3)nn12. The van der Waals surface area contributed by atoms with Crippen LogP contribution in [-0.2, 0) is 0 Å². The highest BCUT2D eigenvalue weighted by molar-refractivity contribution is 9.10. The van der Waals surface area contributed by atoms with Crippen molar-refractivity contribution < 1.29 is 4.79 Å². The molecule has 0 saturated carbocycles. The van der Waals surface area contributed by atoms with E-state index in [2.05, 4.69) is 36.5 Å². The van der Waals surface area contributed by atoms with Crippen LogP contribution in [0.2, 0.25) is 0 Å². The Morgan fingerprint density at radius 3 is 2.60 bits per heavy atom. The number of amides is 1. The Morgan fingerprint density at radius 2 is 1.88 bits per heavy atom. The summed E-state index contributed by atoms with van der Waals surface area (Å²) in [7, 11) is 0. The number of hydrogen-bond donors (Lipinski definition) is 1. The largest absolute Gasteiger partial charge is 0.322 e. The van der Waals surface area contributed by atoms with E-state index in [1.807, 2.05) is 49.4 Å². The Bertz CT molecular complexity index is 1070. The number of benzene rings is 2. The first-order valence-electron chi connectivity index (χ1n) is 7.47. The van der Waals surface area contributed by atoms with E-state index in [-0.39, 0.29) is 5.91 Å². The molecule has 0 unspecified atom stereocenters. The number of hydrogen-bond acceptors (Lipinski definition) is 5. The maximum Gasteiger partial charge on any atom is 0.256 e. The third-order valence-electron chi connectivity index (χ3n) is 3.65. The summed E-state index contributed by atoms with van der Waals surface area (Å²) in [6.07, 6.45) is 0. The maximum atomic E-state index is 12.3. The fraction of sp³-hybridized carbons (Fsp3) is 0.0588. The van der Waals surface area contributed by atoms with E-state index in [1.165, 1.54) is 11.3 Å². The van der Waals surface area contributed by atoms with Crippen LogP contribution in [0.5, 0.6) is 0 Å². The molecule has 0 bridgehead atoms. The normalized spacial score (nSPS) is 11.0. The average molecular weight is 414 g/mol. The molecule has 4 rings (SSSR count). The van der Waals surface area contributed by atoms with Gasteiger partial charge in [0.1, 0.15) is 5.01 Å². The van der Waals surface area contributed by atoms with E-state index in [0.717, 1.165) is 31.5 Å². The highest BCUT2D eigenvalue weighted by Crippen LogP contribution is 2.27. The van der Waals surface area contributed by atoms with Gasteiger partial charge in [-0.2, -0.15) is 9.61 Å². The van der Waals surface area contributed by atoms with Crippen LogP contribution >= 0.6 is 27.3 Å². The molecule has 2 aromatic carbocycles. The van der Waals surface area contributed by atoms with Crippen LogP contribution in [0.1, 0.15) is 16.2 Å². The molecule has 0 radical (unpaired) electrons. The van der Waals surface area contributed by atoms with Crippen LogP contribution in [-0.4, -0.2) is 25.7 Å². The van der Waals surface area contributed by atoms with Crippen LogP contribution in [0.15, 0.2) is 53.0 Å². The topological polar surface area (TPSA) is 72.2 Å². The van der Waals surface area contributed by atoms with Crippen molar-refractivity contribution in [3.63, 3.8) is 0 Å².